The first-order valence-corrected chi connectivity index (χ1v) is 5.10. The van der Waals surface area contributed by atoms with Gasteiger partial charge in [-0.05, 0) is 30.0 Å². The van der Waals surface area contributed by atoms with Crippen molar-refractivity contribution in [2.45, 2.75) is 18.5 Å². The third-order valence-corrected chi connectivity index (χ3v) is 3.04. The van der Waals surface area contributed by atoms with E-state index in [9.17, 15) is 13.2 Å². The molecule has 1 aromatic carbocycles. The molecule has 1 aliphatic rings. The van der Waals surface area contributed by atoms with Crippen molar-refractivity contribution in [1.82, 2.24) is 0 Å². The average Bonchev–Trinajstić information content (AvgIpc) is 2.83. The predicted octanol–water partition coefficient (Wildman–Crippen LogP) is 4.11. The Morgan fingerprint density at radius 3 is 2.14 bits per heavy atom. The van der Waals surface area contributed by atoms with Crippen molar-refractivity contribution in [3.05, 3.63) is 34.3 Å². The zero-order valence-corrected chi connectivity index (χ0v) is 8.77. The Kier molecular flexibility index (Phi) is 2.33. The Labute approximate surface area is 88.2 Å². The van der Waals surface area contributed by atoms with Crippen LogP contribution in [-0.2, 0) is 0 Å². The summed E-state index contributed by atoms with van der Waals surface area (Å²) in [4.78, 5) is 0. The highest BCUT2D eigenvalue weighted by Gasteiger charge is 2.55. The van der Waals surface area contributed by atoms with Crippen LogP contribution in [0.1, 0.15) is 17.9 Å². The van der Waals surface area contributed by atoms with Gasteiger partial charge in [0.1, 0.15) is 0 Å². The van der Waals surface area contributed by atoms with E-state index in [1.54, 1.807) is 24.3 Å². The zero-order valence-electron chi connectivity index (χ0n) is 7.18. The third-order valence-electron chi connectivity index (χ3n) is 2.51. The molecular formula is C10H8BrF3. The van der Waals surface area contributed by atoms with Gasteiger partial charge in [-0.25, -0.2) is 0 Å². The van der Waals surface area contributed by atoms with Gasteiger partial charge in [-0.1, -0.05) is 28.1 Å². The summed E-state index contributed by atoms with van der Waals surface area (Å²) in [7, 11) is 0. The molecule has 1 fully saturated rings. The van der Waals surface area contributed by atoms with Crippen LogP contribution >= 0.6 is 15.9 Å². The molecule has 14 heavy (non-hydrogen) atoms. The Balaban J connectivity index is 2.10. The second kappa shape index (κ2) is 3.26. The van der Waals surface area contributed by atoms with Gasteiger partial charge in [0, 0.05) is 4.47 Å². The van der Waals surface area contributed by atoms with Crippen molar-refractivity contribution in [2.75, 3.05) is 0 Å². The standard InChI is InChI=1S/C10H8BrF3/c11-7-3-1-6(2-4-7)8-5-9(8)10(12,13)14/h1-4,8-9H,5H2. The van der Waals surface area contributed by atoms with Crippen LogP contribution in [-0.4, -0.2) is 6.18 Å². The van der Waals surface area contributed by atoms with E-state index in [4.69, 9.17) is 0 Å². The molecule has 1 aliphatic carbocycles. The van der Waals surface area contributed by atoms with Crippen LogP contribution in [0.4, 0.5) is 13.2 Å². The fourth-order valence-corrected chi connectivity index (χ4v) is 1.90. The van der Waals surface area contributed by atoms with Gasteiger partial charge in [0.2, 0.25) is 0 Å². The van der Waals surface area contributed by atoms with Crippen LogP contribution < -0.4 is 0 Å². The largest absolute Gasteiger partial charge is 0.392 e. The molecule has 0 radical (unpaired) electrons. The molecule has 0 bridgehead atoms. The van der Waals surface area contributed by atoms with E-state index in [2.05, 4.69) is 15.9 Å². The molecule has 2 unspecified atom stereocenters. The summed E-state index contributed by atoms with van der Waals surface area (Å²) in [5.74, 6) is -1.44. The molecule has 0 amide bonds. The Morgan fingerprint density at radius 1 is 1.14 bits per heavy atom. The average molecular weight is 265 g/mol. The molecule has 2 atom stereocenters. The van der Waals surface area contributed by atoms with Crippen molar-refractivity contribution >= 4 is 15.9 Å². The molecule has 1 aromatic rings. The van der Waals surface area contributed by atoms with E-state index in [1.165, 1.54) is 0 Å². The summed E-state index contributed by atoms with van der Waals surface area (Å²) >= 11 is 3.25. The van der Waals surface area contributed by atoms with Gasteiger partial charge in [0.25, 0.3) is 0 Å². The van der Waals surface area contributed by atoms with Crippen molar-refractivity contribution < 1.29 is 13.2 Å². The van der Waals surface area contributed by atoms with Gasteiger partial charge in [0.15, 0.2) is 0 Å². The number of benzene rings is 1. The molecule has 0 N–H and O–H groups in total. The molecule has 0 spiro atoms. The van der Waals surface area contributed by atoms with Gasteiger partial charge >= 0.3 is 6.18 Å². The van der Waals surface area contributed by atoms with E-state index in [-0.39, 0.29) is 12.3 Å². The number of rotatable bonds is 1. The summed E-state index contributed by atoms with van der Waals surface area (Å²) < 4.78 is 37.6. The van der Waals surface area contributed by atoms with Crippen LogP contribution in [0, 0.1) is 5.92 Å². The fourth-order valence-electron chi connectivity index (χ4n) is 1.64. The van der Waals surface area contributed by atoms with Crippen LogP contribution in [0.3, 0.4) is 0 Å². The van der Waals surface area contributed by atoms with E-state index < -0.39 is 12.1 Å². The Bertz CT molecular complexity index is 328. The molecule has 0 aliphatic heterocycles. The van der Waals surface area contributed by atoms with Crippen molar-refractivity contribution in [3.63, 3.8) is 0 Å². The van der Waals surface area contributed by atoms with E-state index in [0.29, 0.717) is 0 Å². The molecule has 0 heterocycles. The lowest BCUT2D eigenvalue weighted by Gasteiger charge is -2.05. The second-order valence-corrected chi connectivity index (χ2v) is 4.46. The van der Waals surface area contributed by atoms with E-state index >= 15 is 0 Å². The summed E-state index contributed by atoms with van der Waals surface area (Å²) in [6.07, 6.45) is -3.79. The predicted molar refractivity (Wildman–Crippen MR) is 51.0 cm³/mol. The topological polar surface area (TPSA) is 0 Å². The van der Waals surface area contributed by atoms with Gasteiger partial charge < -0.3 is 0 Å². The number of alkyl halides is 3. The quantitative estimate of drug-likeness (QED) is 0.716. The monoisotopic (exact) mass is 264 g/mol. The van der Waals surface area contributed by atoms with Crippen molar-refractivity contribution in [3.8, 4) is 0 Å². The third kappa shape index (κ3) is 1.95. The lowest BCUT2D eigenvalue weighted by molar-refractivity contribution is -0.148. The highest BCUT2D eigenvalue weighted by atomic mass is 79.9. The van der Waals surface area contributed by atoms with Crippen molar-refractivity contribution in [2.24, 2.45) is 5.92 Å². The van der Waals surface area contributed by atoms with Crippen LogP contribution in [0.5, 0.6) is 0 Å². The SMILES string of the molecule is FC(F)(F)C1CC1c1ccc(Br)cc1. The Morgan fingerprint density at radius 2 is 1.71 bits per heavy atom. The minimum Gasteiger partial charge on any atom is -0.171 e. The molecule has 0 saturated heterocycles. The summed E-state index contributed by atoms with van der Waals surface area (Å²) in [6.45, 7) is 0. The maximum atomic E-state index is 12.2. The first-order chi connectivity index (χ1) is 6.48. The molecule has 1 saturated carbocycles. The molecule has 2 rings (SSSR count). The first-order valence-electron chi connectivity index (χ1n) is 4.30. The summed E-state index contributed by atoms with van der Waals surface area (Å²) in [5.41, 5.74) is 0.788. The van der Waals surface area contributed by atoms with Crippen molar-refractivity contribution in [1.29, 1.82) is 0 Å². The minimum absolute atomic E-state index is 0.241. The molecule has 0 aromatic heterocycles. The maximum absolute atomic E-state index is 12.2. The second-order valence-electron chi connectivity index (χ2n) is 3.54. The van der Waals surface area contributed by atoms with Crippen LogP contribution in [0.25, 0.3) is 0 Å². The fraction of sp³-hybridized carbons (Fsp3) is 0.400. The highest BCUT2D eigenvalue weighted by Crippen LogP contribution is 2.56. The van der Waals surface area contributed by atoms with E-state index in [1.807, 2.05) is 0 Å². The van der Waals surface area contributed by atoms with E-state index in [0.717, 1.165) is 10.0 Å². The van der Waals surface area contributed by atoms with Gasteiger partial charge in [-0.15, -0.1) is 0 Å². The normalized spacial score (nSPS) is 26.3. The van der Waals surface area contributed by atoms with Crippen LogP contribution in [0.2, 0.25) is 0 Å². The van der Waals surface area contributed by atoms with Crippen LogP contribution in [0.15, 0.2) is 28.7 Å². The lowest BCUT2D eigenvalue weighted by Crippen LogP contribution is -2.11. The summed E-state index contributed by atoms with van der Waals surface area (Å²) in [5, 5.41) is 0. The van der Waals surface area contributed by atoms with Gasteiger partial charge in [-0.3, -0.25) is 0 Å². The summed E-state index contributed by atoms with van der Waals surface area (Å²) in [6, 6.07) is 7.06. The molecule has 4 heteroatoms. The first kappa shape index (κ1) is 10.0. The molecule has 0 nitrogen and oxygen atoms in total. The number of halogens is 4. The van der Waals surface area contributed by atoms with Gasteiger partial charge in [0.05, 0.1) is 5.92 Å². The minimum atomic E-state index is -4.03. The Hall–Kier alpha value is -0.510. The maximum Gasteiger partial charge on any atom is 0.392 e. The molecular weight excluding hydrogens is 257 g/mol. The molecule has 76 valence electrons. The highest BCUT2D eigenvalue weighted by molar-refractivity contribution is 9.10. The van der Waals surface area contributed by atoms with Gasteiger partial charge in [-0.2, -0.15) is 13.2 Å². The number of hydrogen-bond donors (Lipinski definition) is 0. The number of hydrogen-bond acceptors (Lipinski definition) is 0. The smallest absolute Gasteiger partial charge is 0.171 e. The lowest BCUT2D eigenvalue weighted by atomic mass is 10.1. The zero-order chi connectivity index (χ0) is 10.3.